The predicted molar refractivity (Wildman–Crippen MR) is 71.3 cm³/mol. The molecule has 0 spiro atoms. The topological polar surface area (TPSA) is 66.8 Å². The number of ether oxygens (including phenoxy) is 1. The average Bonchev–Trinajstić information content (AvgIpc) is 3.10. The van der Waals surface area contributed by atoms with Gasteiger partial charge in [-0.1, -0.05) is 0 Å². The van der Waals surface area contributed by atoms with Crippen molar-refractivity contribution >= 4 is 5.97 Å². The van der Waals surface area contributed by atoms with E-state index in [0.29, 0.717) is 0 Å². The average molecular weight is 264 g/mol. The van der Waals surface area contributed by atoms with Crippen LogP contribution in [0.4, 0.5) is 0 Å². The molecular formula is C15H20O4. The van der Waals surface area contributed by atoms with Crippen LogP contribution in [0.5, 0.6) is 5.75 Å². The van der Waals surface area contributed by atoms with E-state index in [4.69, 9.17) is 9.84 Å². The molecule has 1 aromatic carbocycles. The van der Waals surface area contributed by atoms with E-state index in [-0.39, 0.29) is 12.3 Å². The van der Waals surface area contributed by atoms with Gasteiger partial charge in [-0.2, -0.15) is 0 Å². The van der Waals surface area contributed by atoms with E-state index in [1.54, 1.807) is 7.11 Å². The summed E-state index contributed by atoms with van der Waals surface area (Å²) < 4.78 is 5.20. The molecule has 1 saturated carbocycles. The Labute approximate surface area is 113 Å². The molecule has 0 heterocycles. The molecule has 4 heteroatoms. The molecule has 0 saturated heterocycles. The quantitative estimate of drug-likeness (QED) is 0.857. The lowest BCUT2D eigenvalue weighted by atomic mass is 9.80. The third-order valence-corrected chi connectivity index (χ3v) is 3.85. The van der Waals surface area contributed by atoms with E-state index in [2.05, 4.69) is 0 Å². The van der Waals surface area contributed by atoms with Gasteiger partial charge in [-0.25, -0.2) is 0 Å². The van der Waals surface area contributed by atoms with Crippen molar-refractivity contribution in [3.05, 3.63) is 28.8 Å². The Bertz CT molecular complexity index is 482. The van der Waals surface area contributed by atoms with Crippen molar-refractivity contribution in [3.8, 4) is 5.75 Å². The minimum atomic E-state index is -1.26. The highest BCUT2D eigenvalue weighted by Crippen LogP contribution is 2.49. The van der Waals surface area contributed by atoms with Gasteiger partial charge in [0.15, 0.2) is 0 Å². The molecule has 2 rings (SSSR count). The Morgan fingerprint density at radius 1 is 1.37 bits per heavy atom. The van der Waals surface area contributed by atoms with Crippen molar-refractivity contribution in [2.45, 2.75) is 38.7 Å². The number of carbonyl (C=O) groups is 1. The third-order valence-electron chi connectivity index (χ3n) is 3.85. The number of hydrogen-bond donors (Lipinski definition) is 2. The summed E-state index contributed by atoms with van der Waals surface area (Å²) in [6.07, 6.45) is 1.52. The van der Waals surface area contributed by atoms with Crippen molar-refractivity contribution in [1.82, 2.24) is 0 Å². The van der Waals surface area contributed by atoms with Crippen LogP contribution < -0.4 is 4.74 Å². The van der Waals surface area contributed by atoms with E-state index in [0.717, 1.165) is 35.3 Å². The van der Waals surface area contributed by atoms with Crippen molar-refractivity contribution < 1.29 is 19.7 Å². The van der Waals surface area contributed by atoms with E-state index < -0.39 is 11.6 Å². The fourth-order valence-corrected chi connectivity index (χ4v) is 2.95. The molecule has 4 nitrogen and oxygen atoms in total. The number of aliphatic carboxylic acids is 1. The number of rotatable bonds is 5. The molecule has 0 aliphatic heterocycles. The molecular weight excluding hydrogens is 244 g/mol. The summed E-state index contributed by atoms with van der Waals surface area (Å²) in [4.78, 5) is 11.1. The molecule has 0 radical (unpaired) electrons. The van der Waals surface area contributed by atoms with Gasteiger partial charge in [-0.15, -0.1) is 0 Å². The first-order chi connectivity index (χ1) is 8.88. The maximum atomic E-state index is 11.1. The summed E-state index contributed by atoms with van der Waals surface area (Å²) in [7, 11) is 1.60. The largest absolute Gasteiger partial charge is 0.497 e. The van der Waals surface area contributed by atoms with Crippen LogP contribution in [0.3, 0.4) is 0 Å². The SMILES string of the molecule is COc1cc(C)c(C(O)(CC(=O)O)C2CC2)c(C)c1. The number of aliphatic hydroxyl groups is 1. The van der Waals surface area contributed by atoms with Crippen molar-refractivity contribution in [2.24, 2.45) is 5.92 Å². The van der Waals surface area contributed by atoms with E-state index in [1.165, 1.54) is 0 Å². The van der Waals surface area contributed by atoms with Gasteiger partial charge < -0.3 is 14.9 Å². The maximum absolute atomic E-state index is 11.1. The number of carboxylic acids is 1. The molecule has 1 aromatic rings. The molecule has 1 aliphatic carbocycles. The Balaban J connectivity index is 2.50. The molecule has 0 amide bonds. The summed E-state index contributed by atoms with van der Waals surface area (Å²) in [5, 5.41) is 20.0. The number of benzene rings is 1. The van der Waals surface area contributed by atoms with E-state index >= 15 is 0 Å². The second-order valence-electron chi connectivity index (χ2n) is 5.41. The highest BCUT2D eigenvalue weighted by atomic mass is 16.5. The van der Waals surface area contributed by atoms with Gasteiger partial charge in [0.2, 0.25) is 0 Å². The zero-order chi connectivity index (χ0) is 14.2. The summed E-state index contributed by atoms with van der Waals surface area (Å²) in [5.41, 5.74) is 1.25. The smallest absolute Gasteiger partial charge is 0.306 e. The zero-order valence-electron chi connectivity index (χ0n) is 11.6. The van der Waals surface area contributed by atoms with E-state index in [1.807, 2.05) is 26.0 Å². The van der Waals surface area contributed by atoms with Crippen LogP contribution >= 0.6 is 0 Å². The first kappa shape index (κ1) is 13.9. The van der Waals surface area contributed by atoms with Gasteiger partial charge in [-0.3, -0.25) is 4.79 Å². The van der Waals surface area contributed by atoms with Crippen molar-refractivity contribution in [2.75, 3.05) is 7.11 Å². The Morgan fingerprint density at radius 2 is 1.89 bits per heavy atom. The maximum Gasteiger partial charge on any atom is 0.306 e. The minimum Gasteiger partial charge on any atom is -0.497 e. The number of hydrogen-bond acceptors (Lipinski definition) is 3. The molecule has 0 aromatic heterocycles. The first-order valence-corrected chi connectivity index (χ1v) is 6.48. The Morgan fingerprint density at radius 3 is 2.26 bits per heavy atom. The molecule has 2 N–H and O–H groups in total. The summed E-state index contributed by atoms with van der Waals surface area (Å²) >= 11 is 0. The number of methoxy groups -OCH3 is 1. The van der Waals surface area contributed by atoms with Gasteiger partial charge in [-0.05, 0) is 61.4 Å². The second kappa shape index (κ2) is 4.85. The normalized spacial score (nSPS) is 17.9. The first-order valence-electron chi connectivity index (χ1n) is 6.48. The second-order valence-corrected chi connectivity index (χ2v) is 5.41. The van der Waals surface area contributed by atoms with Crippen molar-refractivity contribution in [3.63, 3.8) is 0 Å². The standard InChI is InChI=1S/C15H20O4/c1-9-6-12(19-3)7-10(2)14(9)15(18,8-13(16)17)11-4-5-11/h6-7,11,18H,4-5,8H2,1-3H3,(H,16,17). The fraction of sp³-hybridized carbons (Fsp3) is 0.533. The van der Waals surface area contributed by atoms with Crippen LogP contribution in [-0.2, 0) is 10.4 Å². The lowest BCUT2D eigenvalue weighted by molar-refractivity contribution is -0.144. The van der Waals surface area contributed by atoms with Gasteiger partial charge in [0.1, 0.15) is 11.4 Å². The minimum absolute atomic E-state index is 0.0504. The molecule has 104 valence electrons. The Kier molecular flexibility index (Phi) is 3.54. The van der Waals surface area contributed by atoms with Gasteiger partial charge in [0.05, 0.1) is 13.5 Å². The monoisotopic (exact) mass is 264 g/mol. The summed E-state index contributed by atoms with van der Waals surface area (Å²) in [6.45, 7) is 3.78. The highest BCUT2D eigenvalue weighted by molar-refractivity contribution is 5.69. The van der Waals surface area contributed by atoms with Crippen LogP contribution in [0.25, 0.3) is 0 Å². The van der Waals surface area contributed by atoms with E-state index in [9.17, 15) is 9.90 Å². The summed E-state index contributed by atoms with van der Waals surface area (Å²) in [5.74, 6) is -0.189. The molecule has 1 atom stereocenters. The van der Waals surface area contributed by atoms with Gasteiger partial charge >= 0.3 is 5.97 Å². The van der Waals surface area contributed by atoms with Gasteiger partial charge in [0, 0.05) is 0 Å². The van der Waals surface area contributed by atoms with Crippen molar-refractivity contribution in [1.29, 1.82) is 0 Å². The Hall–Kier alpha value is -1.55. The lowest BCUT2D eigenvalue weighted by Crippen LogP contribution is -2.33. The molecule has 1 unspecified atom stereocenters. The van der Waals surface area contributed by atoms with Gasteiger partial charge in [0.25, 0.3) is 0 Å². The molecule has 1 aliphatic rings. The van der Waals surface area contributed by atoms with Crippen LogP contribution in [0, 0.1) is 19.8 Å². The number of aryl methyl sites for hydroxylation is 2. The van der Waals surface area contributed by atoms with Crippen LogP contribution in [0.15, 0.2) is 12.1 Å². The number of carboxylic acid groups (broad SMARTS) is 1. The van der Waals surface area contributed by atoms with Crippen LogP contribution in [-0.4, -0.2) is 23.3 Å². The lowest BCUT2D eigenvalue weighted by Gasteiger charge is -2.30. The molecule has 1 fully saturated rings. The van der Waals surface area contributed by atoms with Crippen LogP contribution in [0.2, 0.25) is 0 Å². The molecule has 19 heavy (non-hydrogen) atoms. The predicted octanol–water partition coefficient (Wildman–Crippen LogP) is 2.38. The molecule has 0 bridgehead atoms. The van der Waals surface area contributed by atoms with Crippen LogP contribution in [0.1, 0.15) is 36.0 Å². The summed E-state index contributed by atoms with van der Waals surface area (Å²) in [6, 6.07) is 3.69. The third kappa shape index (κ3) is 2.59. The fourth-order valence-electron chi connectivity index (χ4n) is 2.95. The highest BCUT2D eigenvalue weighted by Gasteiger charge is 2.47. The zero-order valence-corrected chi connectivity index (χ0v) is 11.6.